The fourth-order valence-corrected chi connectivity index (χ4v) is 3.88. The number of rotatable bonds is 8. The van der Waals surface area contributed by atoms with E-state index in [-0.39, 0.29) is 12.5 Å². The van der Waals surface area contributed by atoms with Gasteiger partial charge in [0, 0.05) is 17.0 Å². The Labute approximate surface area is 190 Å². The second kappa shape index (κ2) is 9.65. The second-order valence-corrected chi connectivity index (χ2v) is 8.04. The summed E-state index contributed by atoms with van der Waals surface area (Å²) in [6.45, 7) is 6.36. The Morgan fingerprint density at radius 1 is 1.03 bits per heavy atom. The normalized spacial score (nSPS) is 10.7. The standard InChI is InChI=1S/C24H24N4O3S/c1-4-30-19-11-7-18(8-12-19)21-15-32-24(25-21)28-22(13-17(3)27-28)26-23(29)14-31-20-9-5-16(2)6-10-20/h5-13,15H,4,14H2,1-3H3,(H,26,29). The summed E-state index contributed by atoms with van der Waals surface area (Å²) >= 11 is 1.45. The summed E-state index contributed by atoms with van der Waals surface area (Å²) in [7, 11) is 0. The molecule has 0 fully saturated rings. The molecule has 164 valence electrons. The minimum absolute atomic E-state index is 0.0947. The largest absolute Gasteiger partial charge is 0.494 e. The number of nitrogens with zero attached hydrogens (tertiary/aromatic N) is 3. The lowest BCUT2D eigenvalue weighted by molar-refractivity contribution is -0.118. The van der Waals surface area contributed by atoms with Gasteiger partial charge in [0.25, 0.3) is 5.91 Å². The molecule has 0 saturated heterocycles. The molecule has 2 heterocycles. The molecule has 0 saturated carbocycles. The fourth-order valence-electron chi connectivity index (χ4n) is 3.08. The number of nitrogens with one attached hydrogen (secondary N) is 1. The molecular weight excluding hydrogens is 424 g/mol. The van der Waals surface area contributed by atoms with Gasteiger partial charge in [-0.2, -0.15) is 9.78 Å². The van der Waals surface area contributed by atoms with Crippen molar-refractivity contribution in [2.45, 2.75) is 20.8 Å². The van der Waals surface area contributed by atoms with E-state index >= 15 is 0 Å². The average molecular weight is 449 g/mol. The highest BCUT2D eigenvalue weighted by Gasteiger charge is 2.15. The molecule has 0 aliphatic carbocycles. The number of thiazole rings is 1. The lowest BCUT2D eigenvalue weighted by atomic mass is 10.2. The molecule has 0 atom stereocenters. The number of aryl methyl sites for hydroxylation is 2. The molecule has 2 aromatic carbocycles. The first kappa shape index (κ1) is 21.6. The Morgan fingerprint density at radius 3 is 2.44 bits per heavy atom. The van der Waals surface area contributed by atoms with E-state index in [4.69, 9.17) is 14.5 Å². The number of hydrogen-bond donors (Lipinski definition) is 1. The summed E-state index contributed by atoms with van der Waals surface area (Å²) < 4.78 is 12.7. The smallest absolute Gasteiger partial charge is 0.263 e. The van der Waals surface area contributed by atoms with Gasteiger partial charge >= 0.3 is 0 Å². The highest BCUT2D eigenvalue weighted by Crippen LogP contribution is 2.27. The van der Waals surface area contributed by atoms with E-state index in [9.17, 15) is 4.79 Å². The Bertz CT molecular complexity index is 1200. The van der Waals surface area contributed by atoms with Crippen LogP contribution in [0.1, 0.15) is 18.2 Å². The summed E-state index contributed by atoms with van der Waals surface area (Å²) in [6, 6.07) is 17.2. The van der Waals surface area contributed by atoms with E-state index in [2.05, 4.69) is 10.4 Å². The Hall–Kier alpha value is -3.65. The van der Waals surface area contributed by atoms with Crippen LogP contribution in [0.4, 0.5) is 5.82 Å². The van der Waals surface area contributed by atoms with Crippen LogP contribution < -0.4 is 14.8 Å². The molecule has 0 aliphatic heterocycles. The number of amides is 1. The van der Waals surface area contributed by atoms with Crippen molar-refractivity contribution in [2.24, 2.45) is 0 Å². The Kier molecular flexibility index (Phi) is 6.51. The van der Waals surface area contributed by atoms with E-state index < -0.39 is 0 Å². The molecule has 0 aliphatic rings. The summed E-state index contributed by atoms with van der Waals surface area (Å²) in [4.78, 5) is 17.2. The second-order valence-electron chi connectivity index (χ2n) is 7.21. The molecule has 2 aromatic heterocycles. The maximum absolute atomic E-state index is 12.5. The van der Waals surface area contributed by atoms with Gasteiger partial charge in [-0.25, -0.2) is 4.98 Å². The van der Waals surface area contributed by atoms with Gasteiger partial charge in [0.05, 0.1) is 18.0 Å². The van der Waals surface area contributed by atoms with Crippen molar-refractivity contribution in [3.8, 4) is 27.9 Å². The first-order valence-corrected chi connectivity index (χ1v) is 11.1. The van der Waals surface area contributed by atoms with Crippen LogP contribution in [0.15, 0.2) is 60.0 Å². The van der Waals surface area contributed by atoms with Gasteiger partial charge in [-0.3, -0.25) is 4.79 Å². The molecule has 4 aromatic rings. The van der Waals surface area contributed by atoms with Crippen molar-refractivity contribution < 1.29 is 14.3 Å². The van der Waals surface area contributed by atoms with Gasteiger partial charge in [0.2, 0.25) is 5.13 Å². The Morgan fingerprint density at radius 2 is 1.72 bits per heavy atom. The van der Waals surface area contributed by atoms with Gasteiger partial charge in [-0.15, -0.1) is 11.3 Å². The quantitative estimate of drug-likeness (QED) is 0.409. The minimum Gasteiger partial charge on any atom is -0.494 e. The van der Waals surface area contributed by atoms with E-state index in [1.54, 1.807) is 4.68 Å². The average Bonchev–Trinajstić information content (AvgIpc) is 3.41. The molecule has 0 spiro atoms. The summed E-state index contributed by atoms with van der Waals surface area (Å²) in [5.74, 6) is 1.75. The van der Waals surface area contributed by atoms with Crippen LogP contribution >= 0.6 is 11.3 Å². The number of ether oxygens (including phenoxy) is 2. The zero-order valence-corrected chi connectivity index (χ0v) is 19.0. The molecule has 1 N–H and O–H groups in total. The van der Waals surface area contributed by atoms with Gasteiger partial charge in [-0.1, -0.05) is 17.7 Å². The van der Waals surface area contributed by atoms with Gasteiger partial charge in [-0.05, 0) is 57.2 Å². The molecule has 0 radical (unpaired) electrons. The van der Waals surface area contributed by atoms with Gasteiger partial charge in [0.1, 0.15) is 17.3 Å². The molecule has 1 amide bonds. The molecular formula is C24H24N4O3S. The number of benzene rings is 2. The highest BCUT2D eigenvalue weighted by atomic mass is 32.1. The maximum atomic E-state index is 12.5. The van der Waals surface area contributed by atoms with Crippen LogP contribution in [-0.2, 0) is 4.79 Å². The van der Waals surface area contributed by atoms with E-state index in [0.717, 1.165) is 28.3 Å². The van der Waals surface area contributed by atoms with Crippen molar-refractivity contribution >= 4 is 23.1 Å². The zero-order chi connectivity index (χ0) is 22.5. The maximum Gasteiger partial charge on any atom is 0.263 e. The van der Waals surface area contributed by atoms with Crippen LogP contribution in [0.2, 0.25) is 0 Å². The van der Waals surface area contributed by atoms with E-state index in [0.29, 0.717) is 23.3 Å². The van der Waals surface area contributed by atoms with Gasteiger partial charge in [0.15, 0.2) is 6.61 Å². The molecule has 7 nitrogen and oxygen atoms in total. The summed E-state index contributed by atoms with van der Waals surface area (Å²) in [6.07, 6.45) is 0. The minimum atomic E-state index is -0.269. The third-order valence-corrected chi connectivity index (χ3v) is 5.44. The lowest BCUT2D eigenvalue weighted by Gasteiger charge is -2.08. The molecule has 0 bridgehead atoms. The number of aromatic nitrogens is 3. The van der Waals surface area contributed by atoms with Crippen molar-refractivity contribution in [2.75, 3.05) is 18.5 Å². The first-order chi connectivity index (χ1) is 15.5. The summed E-state index contributed by atoms with van der Waals surface area (Å²) in [5.41, 5.74) is 3.73. The first-order valence-electron chi connectivity index (χ1n) is 10.3. The molecule has 0 unspecified atom stereocenters. The number of anilines is 1. The number of carbonyl (C=O) groups excluding carboxylic acids is 1. The third-order valence-electron chi connectivity index (χ3n) is 4.62. The predicted molar refractivity (Wildman–Crippen MR) is 126 cm³/mol. The fraction of sp³-hybridized carbons (Fsp3) is 0.208. The highest BCUT2D eigenvalue weighted by molar-refractivity contribution is 7.12. The monoisotopic (exact) mass is 448 g/mol. The Balaban J connectivity index is 1.46. The number of hydrogen-bond acceptors (Lipinski definition) is 6. The van der Waals surface area contributed by atoms with Crippen molar-refractivity contribution in [3.05, 3.63) is 71.2 Å². The summed E-state index contributed by atoms with van der Waals surface area (Å²) in [5, 5.41) is 10.00. The van der Waals surface area contributed by atoms with Crippen molar-refractivity contribution in [3.63, 3.8) is 0 Å². The lowest BCUT2D eigenvalue weighted by Crippen LogP contribution is -2.21. The molecule has 32 heavy (non-hydrogen) atoms. The van der Waals surface area contributed by atoms with Crippen LogP contribution in [0.25, 0.3) is 16.4 Å². The van der Waals surface area contributed by atoms with Crippen LogP contribution in [0, 0.1) is 13.8 Å². The number of carbonyl (C=O) groups is 1. The van der Waals surface area contributed by atoms with E-state index in [1.165, 1.54) is 11.3 Å². The topological polar surface area (TPSA) is 78.3 Å². The van der Waals surface area contributed by atoms with Crippen LogP contribution in [-0.4, -0.2) is 33.9 Å². The third kappa shape index (κ3) is 5.15. The van der Waals surface area contributed by atoms with Crippen molar-refractivity contribution in [1.29, 1.82) is 0 Å². The SMILES string of the molecule is CCOc1ccc(-c2csc(-n3nc(C)cc3NC(=O)COc3ccc(C)cc3)n2)cc1. The van der Waals surface area contributed by atoms with E-state index in [1.807, 2.05) is 80.7 Å². The van der Waals surface area contributed by atoms with Gasteiger partial charge < -0.3 is 14.8 Å². The predicted octanol–water partition coefficient (Wildman–Crippen LogP) is 5.03. The molecule has 4 rings (SSSR count). The molecule has 8 heteroatoms. The zero-order valence-electron chi connectivity index (χ0n) is 18.2. The van der Waals surface area contributed by atoms with Crippen molar-refractivity contribution in [1.82, 2.24) is 14.8 Å². The van der Waals surface area contributed by atoms with Crippen LogP contribution in [0.3, 0.4) is 0 Å². The van der Waals surface area contributed by atoms with Crippen LogP contribution in [0.5, 0.6) is 11.5 Å².